The second-order valence-electron chi connectivity index (χ2n) is 9.03. The van der Waals surface area contributed by atoms with E-state index in [1.54, 1.807) is 24.3 Å². The van der Waals surface area contributed by atoms with Gasteiger partial charge in [0.15, 0.2) is 0 Å². The summed E-state index contributed by atoms with van der Waals surface area (Å²) in [6.45, 7) is 1.57. The molecular weight excluding hydrogens is 469 g/mol. The number of hydrogen-bond acceptors (Lipinski definition) is 7. The van der Waals surface area contributed by atoms with Crippen LogP contribution < -0.4 is 21.4 Å². The molecule has 1 aliphatic carbocycles. The predicted molar refractivity (Wildman–Crippen MR) is 130 cm³/mol. The van der Waals surface area contributed by atoms with Crippen molar-refractivity contribution >= 4 is 17.6 Å². The fourth-order valence-corrected chi connectivity index (χ4v) is 4.20. The first-order chi connectivity index (χ1) is 17.3. The topological polar surface area (TPSA) is 128 Å². The van der Waals surface area contributed by atoms with Crippen molar-refractivity contribution < 1.29 is 19.0 Å². The third-order valence-electron chi connectivity index (χ3n) is 6.23. The number of carboxylic acids is 1. The van der Waals surface area contributed by atoms with E-state index in [-0.39, 0.29) is 24.3 Å². The van der Waals surface area contributed by atoms with Crippen molar-refractivity contribution in [1.82, 2.24) is 19.1 Å². The molecule has 0 unspecified atom stereocenters. The highest BCUT2D eigenvalue weighted by molar-refractivity contribution is 5.69. The first-order valence-corrected chi connectivity index (χ1v) is 11.9. The Morgan fingerprint density at radius 1 is 1.14 bits per heavy atom. The zero-order chi connectivity index (χ0) is 25.7. The fourth-order valence-electron chi connectivity index (χ4n) is 4.20. The summed E-state index contributed by atoms with van der Waals surface area (Å²) >= 11 is 0. The molecule has 0 aliphatic heterocycles. The number of carboxylic acid groups (broad SMARTS) is 1. The van der Waals surface area contributed by atoms with Gasteiger partial charge < -0.3 is 15.2 Å². The van der Waals surface area contributed by atoms with Crippen LogP contribution in [0.4, 0.5) is 16.0 Å². The Bertz CT molecular complexity index is 1310. The minimum Gasteiger partial charge on any atom is -0.481 e. The van der Waals surface area contributed by atoms with Crippen LogP contribution in [0.5, 0.6) is 11.6 Å². The lowest BCUT2D eigenvalue weighted by atomic mass is 9.89. The Morgan fingerprint density at radius 2 is 1.86 bits per heavy atom. The molecule has 0 amide bonds. The standard InChI is InChI=1S/C25H28FN5O5/c1-16(22(32)33)14-31-24(34)29-23(30(25(31)35)15-17-5-3-2-4-6-17)28-19-8-10-20(11-9-19)36-21-12-7-18(26)13-27-21/h7-13,16-17H,2-6,14-15H2,1H3,(H,32,33)(H,28,29,34)/t16-/m0/s1. The van der Waals surface area contributed by atoms with E-state index in [0.29, 0.717) is 18.0 Å². The van der Waals surface area contributed by atoms with E-state index < -0.39 is 29.1 Å². The first-order valence-electron chi connectivity index (χ1n) is 11.9. The van der Waals surface area contributed by atoms with E-state index >= 15 is 0 Å². The van der Waals surface area contributed by atoms with Crippen molar-refractivity contribution in [3.8, 4) is 11.6 Å². The third kappa shape index (κ3) is 6.15. The zero-order valence-corrected chi connectivity index (χ0v) is 19.9. The van der Waals surface area contributed by atoms with Crippen LogP contribution in [0, 0.1) is 17.7 Å². The number of pyridine rings is 1. The number of ether oxygens (including phenoxy) is 1. The molecule has 0 bridgehead atoms. The van der Waals surface area contributed by atoms with Gasteiger partial charge >= 0.3 is 17.3 Å². The molecule has 0 spiro atoms. The summed E-state index contributed by atoms with van der Waals surface area (Å²) in [5.74, 6) is -1.41. The van der Waals surface area contributed by atoms with Gasteiger partial charge in [0.1, 0.15) is 11.6 Å². The van der Waals surface area contributed by atoms with Crippen LogP contribution in [0.2, 0.25) is 0 Å². The van der Waals surface area contributed by atoms with Gasteiger partial charge in [0.05, 0.1) is 12.1 Å². The van der Waals surface area contributed by atoms with Gasteiger partial charge in [-0.05, 0) is 49.1 Å². The van der Waals surface area contributed by atoms with E-state index in [1.165, 1.54) is 23.6 Å². The number of halogens is 1. The van der Waals surface area contributed by atoms with Crippen molar-refractivity contribution in [3.63, 3.8) is 0 Å². The minimum absolute atomic E-state index is 0.101. The Labute approximate surface area is 206 Å². The van der Waals surface area contributed by atoms with Gasteiger partial charge in [0.2, 0.25) is 11.8 Å². The number of rotatable bonds is 9. The molecule has 190 valence electrons. The summed E-state index contributed by atoms with van der Waals surface area (Å²) in [7, 11) is 0. The van der Waals surface area contributed by atoms with Crippen LogP contribution in [0.3, 0.4) is 0 Å². The van der Waals surface area contributed by atoms with Crippen molar-refractivity contribution in [1.29, 1.82) is 0 Å². The average Bonchev–Trinajstić information content (AvgIpc) is 2.87. The molecule has 11 heteroatoms. The predicted octanol–water partition coefficient (Wildman–Crippen LogP) is 3.78. The van der Waals surface area contributed by atoms with Gasteiger partial charge in [-0.2, -0.15) is 4.98 Å². The number of benzene rings is 1. The van der Waals surface area contributed by atoms with Gasteiger partial charge in [-0.3, -0.25) is 9.36 Å². The summed E-state index contributed by atoms with van der Waals surface area (Å²) in [5, 5.41) is 12.3. The molecule has 0 radical (unpaired) electrons. The SMILES string of the molecule is C[C@@H](Cn1c(=O)nc(Nc2ccc(Oc3ccc(F)cn3)cc2)n(CC2CCCCC2)c1=O)C(=O)O. The fraction of sp³-hybridized carbons (Fsp3) is 0.400. The maximum atomic E-state index is 13.3. The van der Waals surface area contributed by atoms with E-state index in [9.17, 15) is 23.9 Å². The van der Waals surface area contributed by atoms with Crippen LogP contribution in [0.1, 0.15) is 39.0 Å². The van der Waals surface area contributed by atoms with Crippen LogP contribution in [0.25, 0.3) is 0 Å². The number of nitrogens with one attached hydrogen (secondary N) is 1. The smallest absolute Gasteiger partial charge is 0.354 e. The van der Waals surface area contributed by atoms with Crippen LogP contribution in [-0.2, 0) is 17.9 Å². The molecule has 1 aliphatic rings. The van der Waals surface area contributed by atoms with Gasteiger partial charge in [-0.25, -0.2) is 23.5 Å². The molecule has 3 aromatic rings. The maximum absolute atomic E-state index is 13.3. The molecule has 2 N–H and O–H groups in total. The Balaban J connectivity index is 1.60. The molecule has 0 saturated heterocycles. The number of aliphatic carboxylic acids is 1. The second-order valence-corrected chi connectivity index (χ2v) is 9.03. The van der Waals surface area contributed by atoms with Gasteiger partial charge in [-0.1, -0.05) is 26.2 Å². The second kappa shape index (κ2) is 11.1. The van der Waals surface area contributed by atoms with Crippen molar-refractivity contribution in [3.05, 3.63) is 69.4 Å². The summed E-state index contributed by atoms with van der Waals surface area (Å²) < 4.78 is 21.0. The molecule has 1 aromatic carbocycles. The average molecular weight is 498 g/mol. The van der Waals surface area contributed by atoms with E-state index in [0.717, 1.165) is 42.9 Å². The summed E-state index contributed by atoms with van der Waals surface area (Å²) in [6, 6.07) is 9.35. The van der Waals surface area contributed by atoms with Gasteiger partial charge in [0.25, 0.3) is 0 Å². The highest BCUT2D eigenvalue weighted by Gasteiger charge is 2.22. The molecule has 4 rings (SSSR count). The number of carbonyl (C=O) groups is 1. The largest absolute Gasteiger partial charge is 0.481 e. The van der Waals surface area contributed by atoms with Crippen LogP contribution in [0.15, 0.2) is 52.2 Å². The highest BCUT2D eigenvalue weighted by Crippen LogP contribution is 2.26. The van der Waals surface area contributed by atoms with Crippen LogP contribution in [-0.4, -0.2) is 30.2 Å². The molecule has 2 heterocycles. The lowest BCUT2D eigenvalue weighted by molar-refractivity contribution is -0.141. The first kappa shape index (κ1) is 25.1. The van der Waals surface area contributed by atoms with Crippen molar-refractivity contribution in [2.45, 2.75) is 52.1 Å². The molecule has 1 fully saturated rings. The number of aromatic nitrogens is 4. The lowest BCUT2D eigenvalue weighted by Gasteiger charge is -2.24. The summed E-state index contributed by atoms with van der Waals surface area (Å²) in [5.41, 5.74) is -0.828. The summed E-state index contributed by atoms with van der Waals surface area (Å²) in [4.78, 5) is 45.3. The Morgan fingerprint density at radius 3 is 2.50 bits per heavy atom. The normalized spacial score (nSPS) is 14.8. The highest BCUT2D eigenvalue weighted by atomic mass is 19.1. The van der Waals surface area contributed by atoms with E-state index in [1.807, 2.05) is 0 Å². The van der Waals surface area contributed by atoms with E-state index in [2.05, 4.69) is 15.3 Å². The molecule has 2 aromatic heterocycles. The number of anilines is 2. The van der Waals surface area contributed by atoms with E-state index in [4.69, 9.17) is 4.74 Å². The Hall–Kier alpha value is -4.02. The molecule has 36 heavy (non-hydrogen) atoms. The maximum Gasteiger partial charge on any atom is 0.354 e. The van der Waals surface area contributed by atoms with Gasteiger partial charge in [-0.15, -0.1) is 0 Å². The van der Waals surface area contributed by atoms with Gasteiger partial charge in [0, 0.05) is 24.8 Å². The molecular formula is C25H28FN5O5. The van der Waals surface area contributed by atoms with Crippen molar-refractivity contribution in [2.75, 3.05) is 5.32 Å². The number of nitrogens with zero attached hydrogens (tertiary/aromatic N) is 4. The lowest BCUT2D eigenvalue weighted by Crippen LogP contribution is -2.45. The molecule has 1 saturated carbocycles. The van der Waals surface area contributed by atoms with Crippen molar-refractivity contribution in [2.24, 2.45) is 11.8 Å². The summed E-state index contributed by atoms with van der Waals surface area (Å²) in [6.07, 6.45) is 6.32. The minimum atomic E-state index is -1.10. The Kier molecular flexibility index (Phi) is 7.77. The molecule has 10 nitrogen and oxygen atoms in total. The number of hydrogen-bond donors (Lipinski definition) is 2. The third-order valence-corrected chi connectivity index (χ3v) is 6.23. The molecule has 1 atom stereocenters. The quantitative estimate of drug-likeness (QED) is 0.457. The monoisotopic (exact) mass is 497 g/mol. The zero-order valence-electron chi connectivity index (χ0n) is 19.9. The van der Waals surface area contributed by atoms with Crippen LogP contribution >= 0.6 is 0 Å².